The molecule has 41 heavy (non-hydrogen) atoms. The zero-order valence-corrected chi connectivity index (χ0v) is 25.2. The van der Waals surface area contributed by atoms with Gasteiger partial charge in [0.05, 0.1) is 23.9 Å². The van der Waals surface area contributed by atoms with Crippen molar-refractivity contribution in [3.63, 3.8) is 0 Å². The first-order chi connectivity index (χ1) is 19.4. The second-order valence-corrected chi connectivity index (χ2v) is 14.3. The first-order valence-corrected chi connectivity index (χ1v) is 15.7. The molecule has 0 amide bonds. The molecule has 13 atom stereocenters. The summed E-state index contributed by atoms with van der Waals surface area (Å²) >= 11 is 0. The summed E-state index contributed by atoms with van der Waals surface area (Å²) in [5, 5.41) is 23.0. The van der Waals surface area contributed by atoms with Crippen LogP contribution >= 0.6 is 0 Å². The van der Waals surface area contributed by atoms with Crippen molar-refractivity contribution < 1.29 is 43.5 Å². The molecule has 9 nitrogen and oxygen atoms in total. The number of cyclic esters (lactones) is 1. The normalized spacial score (nSPS) is 51.2. The average Bonchev–Trinajstić information content (AvgIpc) is 3.42. The van der Waals surface area contributed by atoms with Crippen LogP contribution in [-0.2, 0) is 33.3 Å². The quantitative estimate of drug-likeness (QED) is 0.373. The molecule has 4 saturated carbocycles. The topological polar surface area (TPSA) is 121 Å². The van der Waals surface area contributed by atoms with Gasteiger partial charge < -0.3 is 33.9 Å². The van der Waals surface area contributed by atoms with Crippen LogP contribution in [0.4, 0.5) is 0 Å². The molecule has 0 aromatic rings. The van der Waals surface area contributed by atoms with Crippen molar-refractivity contribution in [2.75, 3.05) is 13.7 Å². The van der Waals surface area contributed by atoms with Crippen LogP contribution in [0.3, 0.4) is 0 Å². The highest BCUT2D eigenvalue weighted by atomic mass is 16.7. The summed E-state index contributed by atoms with van der Waals surface area (Å²) < 4.78 is 29.1. The summed E-state index contributed by atoms with van der Waals surface area (Å²) in [7, 11) is 1.62. The molecule has 0 radical (unpaired) electrons. The monoisotopic (exact) mass is 576 g/mol. The Balaban J connectivity index is 1.19. The number of hydrogen-bond donors (Lipinski definition) is 2. The maximum atomic E-state index is 12.7. The summed E-state index contributed by atoms with van der Waals surface area (Å²) in [5.41, 5.74) is -0.559. The second-order valence-electron chi connectivity index (χ2n) is 14.3. The first-order valence-electron chi connectivity index (χ1n) is 15.7. The van der Waals surface area contributed by atoms with Crippen molar-refractivity contribution in [2.24, 2.45) is 34.5 Å². The van der Waals surface area contributed by atoms with Gasteiger partial charge >= 0.3 is 11.9 Å². The number of hydrogen-bond acceptors (Lipinski definition) is 9. The van der Waals surface area contributed by atoms with Crippen LogP contribution in [0, 0.1) is 34.5 Å². The van der Waals surface area contributed by atoms with Crippen LogP contribution in [0.2, 0.25) is 0 Å². The molecule has 0 unspecified atom stereocenters. The van der Waals surface area contributed by atoms with Gasteiger partial charge in [0, 0.05) is 44.3 Å². The molecule has 0 spiro atoms. The third kappa shape index (κ3) is 4.69. The van der Waals surface area contributed by atoms with Gasteiger partial charge in [0.25, 0.3) is 0 Å². The molecule has 5 fully saturated rings. The molecule has 1 saturated heterocycles. The predicted molar refractivity (Wildman–Crippen MR) is 147 cm³/mol. The molecule has 2 heterocycles. The number of aliphatic hydroxyl groups excluding tert-OH is 1. The molecule has 2 aliphatic heterocycles. The molecule has 0 aromatic carbocycles. The fourth-order valence-corrected chi connectivity index (χ4v) is 10.4. The Bertz CT molecular complexity index is 1080. The van der Waals surface area contributed by atoms with Crippen LogP contribution < -0.4 is 0 Å². The minimum atomic E-state index is -0.990. The van der Waals surface area contributed by atoms with Crippen LogP contribution in [0.15, 0.2) is 11.6 Å². The van der Waals surface area contributed by atoms with E-state index in [1.165, 1.54) is 6.92 Å². The third-order valence-electron chi connectivity index (χ3n) is 12.5. The van der Waals surface area contributed by atoms with Gasteiger partial charge in [0.15, 0.2) is 6.29 Å². The van der Waals surface area contributed by atoms with Crippen molar-refractivity contribution in [3.8, 4) is 0 Å². The zero-order chi connectivity index (χ0) is 29.3. The Morgan fingerprint density at radius 3 is 2.54 bits per heavy atom. The molecule has 230 valence electrons. The van der Waals surface area contributed by atoms with Crippen molar-refractivity contribution >= 4 is 11.9 Å². The van der Waals surface area contributed by atoms with Gasteiger partial charge in [0.1, 0.15) is 18.8 Å². The lowest BCUT2D eigenvalue weighted by atomic mass is 9.43. The maximum absolute atomic E-state index is 12.7. The lowest BCUT2D eigenvalue weighted by Gasteiger charge is -2.63. The summed E-state index contributed by atoms with van der Waals surface area (Å²) in [5.74, 6) is 0.0175. The molecule has 6 aliphatic rings. The minimum Gasteiger partial charge on any atom is -0.462 e. The number of methoxy groups -OCH3 is 1. The summed E-state index contributed by atoms with van der Waals surface area (Å²) in [6.07, 6.45) is 7.14. The number of esters is 2. The van der Waals surface area contributed by atoms with E-state index in [0.717, 1.165) is 50.5 Å². The van der Waals surface area contributed by atoms with Gasteiger partial charge in [-0.2, -0.15) is 0 Å². The minimum absolute atomic E-state index is 0.0898. The summed E-state index contributed by atoms with van der Waals surface area (Å²) in [6, 6.07) is 0. The van der Waals surface area contributed by atoms with E-state index < -0.39 is 23.2 Å². The van der Waals surface area contributed by atoms with E-state index >= 15 is 0 Å². The lowest BCUT2D eigenvalue weighted by molar-refractivity contribution is -0.273. The number of aliphatic hydroxyl groups is 2. The highest BCUT2D eigenvalue weighted by Crippen LogP contribution is 2.70. The number of ether oxygens (including phenoxy) is 5. The molecule has 6 rings (SSSR count). The van der Waals surface area contributed by atoms with Crippen molar-refractivity contribution in [1.29, 1.82) is 0 Å². The number of carbonyl (C=O) groups is 2. The summed E-state index contributed by atoms with van der Waals surface area (Å²) in [4.78, 5) is 24.2. The van der Waals surface area contributed by atoms with E-state index in [-0.39, 0.29) is 60.4 Å². The molecular weight excluding hydrogens is 528 g/mol. The standard InChI is InChI=1S/C32H48O9/c1-17-29(35)24(37-5)14-27(39-17)41-21-8-10-30(3)20(13-21)6-7-23-22(30)9-11-31(4)28(19-12-26(34)38-16-19)25(40-18(2)33)15-32(23,31)36/h12,17,20-25,27-29,35-36H,6-11,13-16H2,1-5H3/t17-,20+,21+,22-,23+,24+,25-,27-,28-,29+,30-,31+,32+/m0/s1. The molecule has 2 N–H and O–H groups in total. The molecule has 0 bridgehead atoms. The van der Waals surface area contributed by atoms with Gasteiger partial charge in [-0.25, -0.2) is 4.79 Å². The maximum Gasteiger partial charge on any atom is 0.331 e. The van der Waals surface area contributed by atoms with Gasteiger partial charge in [-0.3, -0.25) is 4.79 Å². The number of rotatable bonds is 5. The fraction of sp³-hybridized carbons (Fsp3) is 0.875. The zero-order valence-electron chi connectivity index (χ0n) is 25.2. The molecule has 9 heteroatoms. The van der Waals surface area contributed by atoms with Gasteiger partial charge in [0.2, 0.25) is 0 Å². The number of fused-ring (bicyclic) bond motifs is 5. The van der Waals surface area contributed by atoms with Gasteiger partial charge in [-0.1, -0.05) is 13.8 Å². The second kappa shape index (κ2) is 10.6. The van der Waals surface area contributed by atoms with Crippen LogP contribution in [0.1, 0.15) is 85.5 Å². The van der Waals surface area contributed by atoms with E-state index in [4.69, 9.17) is 23.7 Å². The molecular formula is C32H48O9. The van der Waals surface area contributed by atoms with E-state index in [2.05, 4.69) is 13.8 Å². The fourth-order valence-electron chi connectivity index (χ4n) is 10.4. The Labute approximate surface area is 243 Å². The van der Waals surface area contributed by atoms with Gasteiger partial charge in [-0.15, -0.1) is 0 Å². The Morgan fingerprint density at radius 2 is 1.85 bits per heavy atom. The molecule has 0 aromatic heterocycles. The summed E-state index contributed by atoms with van der Waals surface area (Å²) in [6.45, 7) is 8.06. The first kappa shape index (κ1) is 29.5. The Kier molecular flexibility index (Phi) is 7.62. The van der Waals surface area contributed by atoms with Gasteiger partial charge in [-0.05, 0) is 80.6 Å². The van der Waals surface area contributed by atoms with Crippen molar-refractivity contribution in [2.45, 2.75) is 128 Å². The van der Waals surface area contributed by atoms with E-state index in [0.29, 0.717) is 24.7 Å². The van der Waals surface area contributed by atoms with Crippen LogP contribution in [0.25, 0.3) is 0 Å². The molecule has 4 aliphatic carbocycles. The van der Waals surface area contributed by atoms with Crippen LogP contribution in [-0.4, -0.2) is 78.3 Å². The SMILES string of the molecule is CO[C@@H]1C[C@H](O[C@@H]2CC[C@@]3(C)[C@H](CC[C@@H]4[C@@H]3CC[C@]3(C)[C@@H](C5=CC(=O)OC5)[C@@H](OC(C)=O)C[C@@]43O)C2)O[C@@H](C)[C@H]1O. The lowest BCUT2D eigenvalue weighted by Crippen LogP contribution is -2.62. The van der Waals surface area contributed by atoms with E-state index in [1.807, 2.05) is 6.92 Å². The average molecular weight is 577 g/mol. The van der Waals surface area contributed by atoms with Crippen molar-refractivity contribution in [1.82, 2.24) is 0 Å². The third-order valence-corrected chi connectivity index (χ3v) is 12.5. The predicted octanol–water partition coefficient (Wildman–Crippen LogP) is 3.68. The van der Waals surface area contributed by atoms with Crippen molar-refractivity contribution in [3.05, 3.63) is 11.6 Å². The Hall–Kier alpha value is -1.52. The smallest absolute Gasteiger partial charge is 0.331 e. The van der Waals surface area contributed by atoms with E-state index in [1.54, 1.807) is 13.2 Å². The van der Waals surface area contributed by atoms with E-state index in [9.17, 15) is 19.8 Å². The number of carbonyl (C=O) groups excluding carboxylic acids is 2. The largest absolute Gasteiger partial charge is 0.462 e. The highest BCUT2D eigenvalue weighted by Gasteiger charge is 2.71. The van der Waals surface area contributed by atoms with Crippen LogP contribution in [0.5, 0.6) is 0 Å². The Morgan fingerprint density at radius 1 is 1.07 bits per heavy atom. The highest BCUT2D eigenvalue weighted by molar-refractivity contribution is 5.85.